The number of aliphatic hydroxyl groups is 1. The van der Waals surface area contributed by atoms with Crippen molar-refractivity contribution in [2.75, 3.05) is 50.9 Å². The molecule has 0 amide bonds. The number of halogens is 4. The van der Waals surface area contributed by atoms with Gasteiger partial charge in [-0.1, -0.05) is 0 Å². The summed E-state index contributed by atoms with van der Waals surface area (Å²) in [6.45, 7) is 7.99. The van der Waals surface area contributed by atoms with E-state index in [0.717, 1.165) is 25.0 Å². The molecule has 0 aliphatic carbocycles. The number of hydrogen-bond acceptors (Lipinski definition) is 9. The molecular formula is C34H39F4N9O3. The Morgan fingerprint density at radius 3 is 2.78 bits per heavy atom. The van der Waals surface area contributed by atoms with E-state index in [2.05, 4.69) is 15.1 Å². The van der Waals surface area contributed by atoms with Gasteiger partial charge in [-0.25, -0.2) is 4.39 Å². The fourth-order valence-electron chi connectivity index (χ4n) is 8.36. The summed E-state index contributed by atoms with van der Waals surface area (Å²) in [7, 11) is 1.75. The number of aromatic nitrogens is 7. The average molecular weight is 698 g/mol. The molecule has 16 heteroatoms. The molecule has 266 valence electrons. The maximum Gasteiger partial charge on any atom is 0.417 e. The standard InChI is InChI=1S/C34H39F4N9O3/c1-5-47-27-24-29(44(4)28(27)26(43-47)23-21-14-39-42-22(21)11-19(2)25(23)34(36,37)38)40-31(41-30(24)45-9-10-49-17-32(3,48)16-45)50-18-33-7-6-8-46(33)15-20(12-33)13-35/h11,13-14,48H,5-10,12,15-18H2,1-4H3,(H,39,42)/b20-13-/t32-,33-/m0/s1. The number of alkyl halides is 3. The van der Waals surface area contributed by atoms with Crippen LogP contribution in [0.1, 0.15) is 44.2 Å². The van der Waals surface area contributed by atoms with Crippen molar-refractivity contribution in [1.82, 2.24) is 39.4 Å². The van der Waals surface area contributed by atoms with Gasteiger partial charge in [0.15, 0.2) is 5.65 Å². The summed E-state index contributed by atoms with van der Waals surface area (Å²) in [4.78, 5) is 14.0. The van der Waals surface area contributed by atoms with E-state index >= 15 is 0 Å². The Morgan fingerprint density at radius 1 is 1.20 bits per heavy atom. The molecule has 3 saturated heterocycles. The normalized spacial score (nSPS) is 24.3. The van der Waals surface area contributed by atoms with E-state index in [9.17, 15) is 22.7 Å². The first kappa shape index (κ1) is 32.9. The molecule has 1 aromatic carbocycles. The summed E-state index contributed by atoms with van der Waals surface area (Å²) in [6.07, 6.45) is -0.224. The highest BCUT2D eigenvalue weighted by atomic mass is 19.4. The maximum absolute atomic E-state index is 14.9. The van der Waals surface area contributed by atoms with Gasteiger partial charge in [0, 0.05) is 37.6 Å². The van der Waals surface area contributed by atoms with Crippen LogP contribution in [-0.2, 0) is 24.5 Å². The third-order valence-corrected chi connectivity index (χ3v) is 10.5. The predicted octanol–water partition coefficient (Wildman–Crippen LogP) is 5.27. The summed E-state index contributed by atoms with van der Waals surface area (Å²) in [6, 6.07) is 1.53. The number of nitrogens with one attached hydrogen (secondary N) is 1. The van der Waals surface area contributed by atoms with Crippen LogP contribution >= 0.6 is 0 Å². The van der Waals surface area contributed by atoms with Crippen molar-refractivity contribution in [2.45, 2.75) is 63.9 Å². The molecule has 0 saturated carbocycles. The van der Waals surface area contributed by atoms with Gasteiger partial charge in [-0.15, -0.1) is 0 Å². The van der Waals surface area contributed by atoms with Crippen molar-refractivity contribution in [3.8, 4) is 17.3 Å². The lowest BCUT2D eigenvalue weighted by atomic mass is 9.94. The second-order valence-electron chi connectivity index (χ2n) is 14.2. The van der Waals surface area contributed by atoms with E-state index in [1.54, 1.807) is 23.2 Å². The molecule has 8 rings (SSSR count). The van der Waals surface area contributed by atoms with Crippen LogP contribution in [0, 0.1) is 6.92 Å². The fourth-order valence-corrected chi connectivity index (χ4v) is 8.36. The van der Waals surface area contributed by atoms with Gasteiger partial charge in [-0.05, 0) is 63.8 Å². The molecule has 3 aliphatic rings. The first-order valence-electron chi connectivity index (χ1n) is 16.9. The number of anilines is 1. The van der Waals surface area contributed by atoms with Gasteiger partial charge in [0.1, 0.15) is 29.2 Å². The van der Waals surface area contributed by atoms with E-state index in [1.165, 1.54) is 19.2 Å². The monoisotopic (exact) mass is 697 g/mol. The average Bonchev–Trinajstić information content (AvgIpc) is 3.86. The van der Waals surface area contributed by atoms with Gasteiger partial charge < -0.3 is 24.0 Å². The molecule has 12 nitrogen and oxygen atoms in total. The number of β-amino-alcohol motifs (C(OH)–C–C–N with tert-alkyl or cyclic N) is 1. The van der Waals surface area contributed by atoms with Crippen LogP contribution in [0.15, 0.2) is 24.2 Å². The topological polar surface area (TPSA) is 122 Å². The van der Waals surface area contributed by atoms with Crippen LogP contribution in [0.4, 0.5) is 23.4 Å². The largest absolute Gasteiger partial charge is 0.461 e. The zero-order valence-electron chi connectivity index (χ0n) is 28.4. The van der Waals surface area contributed by atoms with Gasteiger partial charge in [-0.3, -0.25) is 14.7 Å². The molecule has 2 N–H and O–H groups in total. The molecule has 50 heavy (non-hydrogen) atoms. The Morgan fingerprint density at radius 2 is 2.02 bits per heavy atom. The SMILES string of the molecule is CCn1nc(-c2c(C(F)(F)F)c(C)cc3[nH]ncc23)c2c1c1c(N3CCOC[C@@](C)(O)C3)nc(OC[C@@]34CCCN3C/C(=C\F)C4)nc1n2C. The molecule has 0 bridgehead atoms. The van der Waals surface area contributed by atoms with Crippen molar-refractivity contribution in [1.29, 1.82) is 0 Å². The van der Waals surface area contributed by atoms with Gasteiger partial charge in [0.2, 0.25) is 0 Å². The minimum Gasteiger partial charge on any atom is -0.461 e. The number of aromatic amines is 1. The fraction of sp³-hybridized carbons (Fsp3) is 0.529. The van der Waals surface area contributed by atoms with Crippen molar-refractivity contribution in [3.05, 3.63) is 35.3 Å². The van der Waals surface area contributed by atoms with E-state index in [-0.39, 0.29) is 48.1 Å². The van der Waals surface area contributed by atoms with Crippen LogP contribution in [0.3, 0.4) is 0 Å². The van der Waals surface area contributed by atoms with Crippen LogP contribution in [-0.4, -0.2) is 102 Å². The van der Waals surface area contributed by atoms with Crippen molar-refractivity contribution >= 4 is 38.8 Å². The lowest BCUT2D eigenvalue weighted by Gasteiger charge is -2.31. The van der Waals surface area contributed by atoms with E-state index in [4.69, 9.17) is 24.5 Å². The Bertz CT molecular complexity index is 2170. The molecular weight excluding hydrogens is 658 g/mol. The van der Waals surface area contributed by atoms with Crippen LogP contribution in [0.2, 0.25) is 0 Å². The Labute approximate surface area is 284 Å². The Hall–Kier alpha value is -4.28. The zero-order valence-corrected chi connectivity index (χ0v) is 28.4. The minimum absolute atomic E-state index is 0.0446. The number of nitrogens with zero attached hydrogens (tertiary/aromatic N) is 8. The Kier molecular flexibility index (Phi) is 7.65. The molecule has 5 aromatic rings. The smallest absolute Gasteiger partial charge is 0.417 e. The highest BCUT2D eigenvalue weighted by molar-refractivity contribution is 6.16. The van der Waals surface area contributed by atoms with Crippen molar-refractivity contribution in [2.24, 2.45) is 7.05 Å². The lowest BCUT2D eigenvalue weighted by Crippen LogP contribution is -2.44. The molecule has 3 fully saturated rings. The molecule has 3 aliphatic heterocycles. The summed E-state index contributed by atoms with van der Waals surface area (Å²) in [5.74, 6) is 0.452. The van der Waals surface area contributed by atoms with Crippen LogP contribution in [0.5, 0.6) is 6.01 Å². The van der Waals surface area contributed by atoms with Gasteiger partial charge >= 0.3 is 12.2 Å². The maximum atomic E-state index is 14.9. The quantitative estimate of drug-likeness (QED) is 0.229. The predicted molar refractivity (Wildman–Crippen MR) is 179 cm³/mol. The second kappa shape index (κ2) is 11.6. The number of hydrogen-bond donors (Lipinski definition) is 2. The highest BCUT2D eigenvalue weighted by Crippen LogP contribution is 2.47. The summed E-state index contributed by atoms with van der Waals surface area (Å²) >= 11 is 0. The number of aryl methyl sites for hydroxylation is 3. The van der Waals surface area contributed by atoms with Crippen molar-refractivity contribution in [3.63, 3.8) is 0 Å². The number of H-pyrrole nitrogens is 1. The Balaban J connectivity index is 1.37. The molecule has 4 aromatic heterocycles. The van der Waals surface area contributed by atoms with E-state index < -0.39 is 17.3 Å². The first-order chi connectivity index (χ1) is 23.8. The van der Waals surface area contributed by atoms with Gasteiger partial charge in [-0.2, -0.15) is 33.3 Å². The van der Waals surface area contributed by atoms with Gasteiger partial charge in [0.05, 0.1) is 59.8 Å². The van der Waals surface area contributed by atoms with Gasteiger partial charge in [0.25, 0.3) is 0 Å². The number of ether oxygens (including phenoxy) is 2. The number of rotatable bonds is 6. The number of fused-ring (bicyclic) bond motifs is 5. The summed E-state index contributed by atoms with van der Waals surface area (Å²) < 4.78 is 73.8. The molecule has 0 radical (unpaired) electrons. The third-order valence-electron chi connectivity index (χ3n) is 10.5. The number of benzene rings is 1. The second-order valence-corrected chi connectivity index (χ2v) is 14.2. The zero-order chi connectivity index (χ0) is 35.2. The minimum atomic E-state index is -4.67. The van der Waals surface area contributed by atoms with Crippen LogP contribution in [0.25, 0.3) is 44.2 Å². The molecule has 7 heterocycles. The van der Waals surface area contributed by atoms with Crippen molar-refractivity contribution < 1.29 is 32.1 Å². The lowest BCUT2D eigenvalue weighted by molar-refractivity contribution is -0.137. The molecule has 2 atom stereocenters. The third kappa shape index (κ3) is 5.13. The first-order valence-corrected chi connectivity index (χ1v) is 16.9. The highest BCUT2D eigenvalue weighted by Gasteiger charge is 2.47. The van der Waals surface area contributed by atoms with E-state index in [1.807, 2.05) is 11.8 Å². The molecule has 0 unspecified atom stereocenters. The summed E-state index contributed by atoms with van der Waals surface area (Å²) in [5, 5.41) is 23.8. The summed E-state index contributed by atoms with van der Waals surface area (Å²) in [5.41, 5.74) is 0.377. The van der Waals surface area contributed by atoms with Crippen LogP contribution < -0.4 is 9.64 Å². The van der Waals surface area contributed by atoms with E-state index in [0.29, 0.717) is 77.8 Å². The molecule has 0 spiro atoms.